The van der Waals surface area contributed by atoms with Gasteiger partial charge in [0.1, 0.15) is 11.4 Å². The van der Waals surface area contributed by atoms with Crippen molar-refractivity contribution in [1.29, 1.82) is 0 Å². The molecule has 0 saturated heterocycles. The third-order valence-corrected chi connectivity index (χ3v) is 3.73. The Balaban J connectivity index is 1.88. The number of nitrogens with one attached hydrogen (secondary N) is 1. The molecule has 0 amide bonds. The van der Waals surface area contributed by atoms with Crippen molar-refractivity contribution in [3.05, 3.63) is 47.3 Å². The highest BCUT2D eigenvalue weighted by atomic mass is 19.4. The predicted molar refractivity (Wildman–Crippen MR) is 74.4 cm³/mol. The lowest BCUT2D eigenvalue weighted by Crippen LogP contribution is -2.19. The molecule has 2 aromatic rings. The van der Waals surface area contributed by atoms with E-state index in [-0.39, 0.29) is 17.7 Å². The van der Waals surface area contributed by atoms with E-state index in [2.05, 4.69) is 15.3 Å². The molecule has 3 rings (SSSR count). The molecular formula is C15H14F3N3O. The summed E-state index contributed by atoms with van der Waals surface area (Å²) in [7, 11) is 0. The highest BCUT2D eigenvalue weighted by molar-refractivity contribution is 5.45. The maximum absolute atomic E-state index is 12.7. The smallest absolute Gasteiger partial charge is 0.433 e. The Bertz CT molecular complexity index is 688. The molecule has 1 heterocycles. The maximum atomic E-state index is 12.7. The van der Waals surface area contributed by atoms with Gasteiger partial charge >= 0.3 is 6.18 Å². The van der Waals surface area contributed by atoms with Crippen molar-refractivity contribution in [2.45, 2.75) is 31.5 Å². The first-order chi connectivity index (χ1) is 10.4. The zero-order valence-corrected chi connectivity index (χ0v) is 11.6. The molecule has 0 spiro atoms. The number of benzene rings is 1. The lowest BCUT2D eigenvalue weighted by molar-refractivity contribution is -0.141. The molecule has 22 heavy (non-hydrogen) atoms. The van der Waals surface area contributed by atoms with Crippen molar-refractivity contribution in [2.75, 3.05) is 5.32 Å². The van der Waals surface area contributed by atoms with Crippen LogP contribution in [0.5, 0.6) is 5.75 Å². The number of hydrogen-bond acceptors (Lipinski definition) is 4. The van der Waals surface area contributed by atoms with Crippen molar-refractivity contribution in [3.8, 4) is 5.75 Å². The van der Waals surface area contributed by atoms with Gasteiger partial charge in [0.2, 0.25) is 5.95 Å². The largest absolute Gasteiger partial charge is 0.508 e. The SMILES string of the molecule is Oc1cccc2c1CCCC2Nc1nccc(C(F)(F)F)n1. The van der Waals surface area contributed by atoms with Gasteiger partial charge in [-0.3, -0.25) is 0 Å². The molecular weight excluding hydrogens is 295 g/mol. The highest BCUT2D eigenvalue weighted by Crippen LogP contribution is 2.36. The number of hydrogen-bond donors (Lipinski definition) is 2. The lowest BCUT2D eigenvalue weighted by atomic mass is 9.87. The molecule has 7 heteroatoms. The van der Waals surface area contributed by atoms with Crippen LogP contribution in [-0.2, 0) is 12.6 Å². The van der Waals surface area contributed by atoms with Crippen LogP contribution in [0.4, 0.5) is 19.1 Å². The molecule has 0 aliphatic heterocycles. The fraction of sp³-hybridized carbons (Fsp3) is 0.333. The Morgan fingerprint density at radius 1 is 1.23 bits per heavy atom. The Morgan fingerprint density at radius 3 is 2.82 bits per heavy atom. The summed E-state index contributed by atoms with van der Waals surface area (Å²) in [6.45, 7) is 0. The topological polar surface area (TPSA) is 58.0 Å². The summed E-state index contributed by atoms with van der Waals surface area (Å²) in [6.07, 6.45) is -1.08. The van der Waals surface area contributed by atoms with Gasteiger partial charge in [0.15, 0.2) is 0 Å². The summed E-state index contributed by atoms with van der Waals surface area (Å²) in [5, 5.41) is 12.8. The fourth-order valence-electron chi connectivity index (χ4n) is 2.72. The lowest BCUT2D eigenvalue weighted by Gasteiger charge is -2.27. The van der Waals surface area contributed by atoms with Crippen LogP contribution in [0.1, 0.15) is 35.7 Å². The van der Waals surface area contributed by atoms with Crippen molar-refractivity contribution in [2.24, 2.45) is 0 Å². The molecule has 0 saturated carbocycles. The van der Waals surface area contributed by atoms with Crippen LogP contribution in [0.25, 0.3) is 0 Å². The Labute approximate surface area is 125 Å². The van der Waals surface area contributed by atoms with Gasteiger partial charge in [-0.25, -0.2) is 9.97 Å². The number of fused-ring (bicyclic) bond motifs is 1. The van der Waals surface area contributed by atoms with E-state index >= 15 is 0 Å². The third kappa shape index (κ3) is 2.84. The predicted octanol–water partition coefficient (Wildman–Crippen LogP) is 3.69. The van der Waals surface area contributed by atoms with Crippen LogP contribution < -0.4 is 5.32 Å². The number of rotatable bonds is 2. The molecule has 1 atom stereocenters. The zero-order valence-electron chi connectivity index (χ0n) is 11.6. The normalized spacial score (nSPS) is 17.9. The number of halogens is 3. The van der Waals surface area contributed by atoms with E-state index in [1.165, 1.54) is 0 Å². The van der Waals surface area contributed by atoms with Crippen LogP contribution in [-0.4, -0.2) is 15.1 Å². The first-order valence-electron chi connectivity index (χ1n) is 6.92. The van der Waals surface area contributed by atoms with E-state index in [1.54, 1.807) is 12.1 Å². The minimum Gasteiger partial charge on any atom is -0.508 e. The maximum Gasteiger partial charge on any atom is 0.433 e. The van der Waals surface area contributed by atoms with Crippen molar-refractivity contribution in [1.82, 2.24) is 9.97 Å². The van der Waals surface area contributed by atoms with Crippen molar-refractivity contribution in [3.63, 3.8) is 0 Å². The van der Waals surface area contributed by atoms with Gasteiger partial charge in [0, 0.05) is 6.20 Å². The van der Waals surface area contributed by atoms with E-state index < -0.39 is 11.9 Å². The third-order valence-electron chi connectivity index (χ3n) is 3.73. The van der Waals surface area contributed by atoms with Gasteiger partial charge in [-0.15, -0.1) is 0 Å². The van der Waals surface area contributed by atoms with Crippen LogP contribution in [0.3, 0.4) is 0 Å². The number of alkyl halides is 3. The second kappa shape index (κ2) is 5.47. The van der Waals surface area contributed by atoms with Gasteiger partial charge in [0.25, 0.3) is 0 Å². The summed E-state index contributed by atoms with van der Waals surface area (Å²) >= 11 is 0. The number of phenols is 1. The van der Waals surface area contributed by atoms with Crippen molar-refractivity contribution >= 4 is 5.95 Å². The highest BCUT2D eigenvalue weighted by Gasteiger charge is 2.33. The van der Waals surface area contributed by atoms with E-state index in [4.69, 9.17) is 0 Å². The molecule has 1 unspecified atom stereocenters. The molecule has 0 fully saturated rings. The standard InChI is InChI=1S/C15H14F3N3O/c16-15(17,18)13-7-8-19-14(21-13)20-11-5-1-4-10-9(11)3-2-6-12(10)22/h2-3,6-8,11,22H,1,4-5H2,(H,19,20,21). The summed E-state index contributed by atoms with van der Waals surface area (Å²) < 4.78 is 38.1. The Morgan fingerprint density at radius 2 is 2.05 bits per heavy atom. The van der Waals surface area contributed by atoms with E-state index in [1.807, 2.05) is 6.07 Å². The molecule has 1 aromatic carbocycles. The number of aromatic hydroxyl groups is 1. The quantitative estimate of drug-likeness (QED) is 0.888. The van der Waals surface area contributed by atoms with E-state index in [9.17, 15) is 18.3 Å². The number of nitrogens with zero attached hydrogens (tertiary/aromatic N) is 2. The second-order valence-electron chi connectivity index (χ2n) is 5.20. The van der Waals surface area contributed by atoms with E-state index in [0.717, 1.165) is 42.7 Å². The van der Waals surface area contributed by atoms with Gasteiger partial charge in [-0.1, -0.05) is 12.1 Å². The summed E-state index contributed by atoms with van der Waals surface area (Å²) in [6, 6.07) is 5.83. The van der Waals surface area contributed by atoms with E-state index in [0.29, 0.717) is 0 Å². The molecule has 2 N–H and O–H groups in total. The van der Waals surface area contributed by atoms with Gasteiger partial charge in [0.05, 0.1) is 6.04 Å². The number of phenolic OH excluding ortho intramolecular Hbond substituents is 1. The van der Waals surface area contributed by atoms with Gasteiger partial charge in [-0.05, 0) is 42.5 Å². The Hall–Kier alpha value is -2.31. The van der Waals surface area contributed by atoms with Crippen LogP contribution >= 0.6 is 0 Å². The minimum absolute atomic E-state index is 0.0592. The van der Waals surface area contributed by atoms with Crippen LogP contribution in [0.2, 0.25) is 0 Å². The first-order valence-corrected chi connectivity index (χ1v) is 6.92. The van der Waals surface area contributed by atoms with Gasteiger partial charge in [-0.2, -0.15) is 13.2 Å². The molecule has 1 aromatic heterocycles. The minimum atomic E-state index is -4.50. The summed E-state index contributed by atoms with van der Waals surface area (Å²) in [5.41, 5.74) is 0.738. The first kappa shape index (κ1) is 14.6. The molecule has 0 bridgehead atoms. The average Bonchev–Trinajstić information content (AvgIpc) is 2.48. The molecule has 116 valence electrons. The van der Waals surface area contributed by atoms with Gasteiger partial charge < -0.3 is 10.4 Å². The van der Waals surface area contributed by atoms with Crippen molar-refractivity contribution < 1.29 is 18.3 Å². The van der Waals surface area contributed by atoms with Crippen LogP contribution in [0.15, 0.2) is 30.5 Å². The monoisotopic (exact) mass is 309 g/mol. The summed E-state index contributed by atoms with van der Waals surface area (Å²) in [4.78, 5) is 7.38. The number of anilines is 1. The molecule has 1 aliphatic carbocycles. The molecule has 4 nitrogen and oxygen atoms in total. The summed E-state index contributed by atoms with van der Waals surface area (Å²) in [5.74, 6) is 0.157. The molecule has 1 aliphatic rings. The second-order valence-corrected chi connectivity index (χ2v) is 5.20. The average molecular weight is 309 g/mol. The molecule has 0 radical (unpaired) electrons. The zero-order chi connectivity index (χ0) is 15.7. The fourth-order valence-corrected chi connectivity index (χ4v) is 2.72. The number of aromatic nitrogens is 2. The Kier molecular flexibility index (Phi) is 3.64. The van der Waals surface area contributed by atoms with Crippen LogP contribution in [0, 0.1) is 0 Å².